The van der Waals surface area contributed by atoms with Crippen LogP contribution in [0.5, 0.6) is 0 Å². The summed E-state index contributed by atoms with van der Waals surface area (Å²) in [6.45, 7) is 0.421. The largest absolute Gasteiger partial charge is 0.245 e. The number of hydrogen-bond donors (Lipinski definition) is 0. The van der Waals surface area contributed by atoms with Crippen LogP contribution < -0.4 is 10.6 Å². The molecule has 37 heavy (non-hydrogen) atoms. The van der Waals surface area contributed by atoms with Gasteiger partial charge in [0.2, 0.25) is 0 Å². The van der Waals surface area contributed by atoms with E-state index in [0.29, 0.717) is 12.3 Å². The Morgan fingerprint density at radius 1 is 0.568 bits per heavy atom. The molecule has 5 aromatic rings. The zero-order chi connectivity index (χ0) is 25.3. The molecule has 0 aliphatic carbocycles. The highest BCUT2D eigenvalue weighted by Crippen LogP contribution is 2.50. The lowest BCUT2D eigenvalue weighted by molar-refractivity contribution is 0.672. The maximum Gasteiger partial charge on any atom is 0.0765 e. The van der Waals surface area contributed by atoms with Gasteiger partial charge in [0.05, 0.1) is 16.3 Å². The molecule has 0 fully saturated rings. The van der Waals surface area contributed by atoms with Crippen molar-refractivity contribution in [3.8, 4) is 0 Å². The normalized spacial score (nSPS) is 13.5. The van der Waals surface area contributed by atoms with Gasteiger partial charge in [0, 0.05) is 16.3 Å². The Balaban J connectivity index is 1.67. The molecule has 0 aromatic heterocycles. The SMILES string of the molecule is O=S(C[C@@H](c1ccccc1)P(c1ccccc1)c1ccccc1)(=NCc1ccccc1)c1ccccc1. The van der Waals surface area contributed by atoms with Crippen molar-refractivity contribution in [3.63, 3.8) is 0 Å². The lowest BCUT2D eigenvalue weighted by Gasteiger charge is -2.30. The molecule has 4 heteroatoms. The summed E-state index contributed by atoms with van der Waals surface area (Å²) in [6, 6.07) is 51.8. The predicted molar refractivity (Wildman–Crippen MR) is 159 cm³/mol. The first-order valence-electron chi connectivity index (χ1n) is 12.5. The maximum atomic E-state index is 15.0. The second kappa shape index (κ2) is 12.1. The minimum absolute atomic E-state index is 0.0215. The summed E-state index contributed by atoms with van der Waals surface area (Å²) in [5.74, 6) is 0.448. The zero-order valence-corrected chi connectivity index (χ0v) is 22.3. The summed E-state index contributed by atoms with van der Waals surface area (Å²) in [4.78, 5) is 0.794. The van der Waals surface area contributed by atoms with E-state index in [0.717, 1.165) is 10.5 Å². The fourth-order valence-electron chi connectivity index (χ4n) is 4.51. The van der Waals surface area contributed by atoms with Crippen LogP contribution in [0.15, 0.2) is 161 Å². The molecule has 0 saturated carbocycles. The molecule has 5 aromatic carbocycles. The van der Waals surface area contributed by atoms with Crippen LogP contribution in [0.4, 0.5) is 0 Å². The minimum atomic E-state index is -2.73. The van der Waals surface area contributed by atoms with E-state index in [1.54, 1.807) is 0 Å². The predicted octanol–water partition coefficient (Wildman–Crippen LogP) is 7.59. The van der Waals surface area contributed by atoms with Crippen LogP contribution >= 0.6 is 7.92 Å². The van der Waals surface area contributed by atoms with E-state index in [9.17, 15) is 4.21 Å². The second-order valence-corrected chi connectivity index (χ2v) is 13.6. The van der Waals surface area contributed by atoms with Crippen molar-refractivity contribution in [2.24, 2.45) is 4.36 Å². The average Bonchev–Trinajstić information content (AvgIpc) is 2.98. The molecule has 0 aliphatic heterocycles. The highest BCUT2D eigenvalue weighted by atomic mass is 32.2. The lowest BCUT2D eigenvalue weighted by Crippen LogP contribution is -2.23. The highest BCUT2D eigenvalue weighted by Gasteiger charge is 2.30. The number of nitrogens with zero attached hydrogens (tertiary/aromatic N) is 1. The summed E-state index contributed by atoms with van der Waals surface area (Å²) < 4.78 is 19.9. The molecule has 0 heterocycles. The van der Waals surface area contributed by atoms with Crippen LogP contribution in [0.2, 0.25) is 0 Å². The van der Waals surface area contributed by atoms with Gasteiger partial charge in [0.1, 0.15) is 0 Å². The molecule has 0 spiro atoms. The molecule has 2 atom stereocenters. The Morgan fingerprint density at radius 3 is 1.51 bits per heavy atom. The zero-order valence-electron chi connectivity index (χ0n) is 20.6. The Hall–Kier alpha value is -3.52. The Bertz CT molecular complexity index is 1460. The van der Waals surface area contributed by atoms with Gasteiger partial charge < -0.3 is 0 Å². The van der Waals surface area contributed by atoms with Crippen LogP contribution in [-0.2, 0) is 16.3 Å². The van der Waals surface area contributed by atoms with E-state index in [2.05, 4.69) is 84.9 Å². The average molecular weight is 520 g/mol. The first-order chi connectivity index (χ1) is 18.2. The van der Waals surface area contributed by atoms with Crippen molar-refractivity contribution in [3.05, 3.63) is 163 Å². The molecule has 0 saturated heterocycles. The summed E-state index contributed by atoms with van der Waals surface area (Å²) in [5, 5.41) is 2.55. The van der Waals surface area contributed by atoms with Crippen LogP contribution in [-0.4, -0.2) is 9.96 Å². The highest BCUT2D eigenvalue weighted by molar-refractivity contribution is 7.94. The fourth-order valence-corrected chi connectivity index (χ4v) is 10.2. The van der Waals surface area contributed by atoms with Crippen molar-refractivity contribution in [1.29, 1.82) is 0 Å². The first kappa shape index (κ1) is 25.1. The van der Waals surface area contributed by atoms with Crippen molar-refractivity contribution < 1.29 is 4.21 Å². The van der Waals surface area contributed by atoms with Crippen molar-refractivity contribution in [2.75, 3.05) is 5.75 Å². The first-order valence-corrected chi connectivity index (χ1v) is 15.6. The van der Waals surface area contributed by atoms with Crippen LogP contribution in [0.1, 0.15) is 16.8 Å². The minimum Gasteiger partial charge on any atom is -0.245 e. The third-order valence-corrected chi connectivity index (χ3v) is 11.8. The molecule has 184 valence electrons. The van der Waals surface area contributed by atoms with Gasteiger partial charge in [-0.2, -0.15) is 0 Å². The van der Waals surface area contributed by atoms with Crippen LogP contribution in [0, 0.1) is 0 Å². The van der Waals surface area contributed by atoms with E-state index in [-0.39, 0.29) is 5.66 Å². The van der Waals surface area contributed by atoms with Gasteiger partial charge in [-0.25, -0.2) is 8.57 Å². The van der Waals surface area contributed by atoms with E-state index >= 15 is 0 Å². The van der Waals surface area contributed by atoms with Gasteiger partial charge in [-0.15, -0.1) is 0 Å². The number of hydrogen-bond acceptors (Lipinski definition) is 2. The van der Waals surface area contributed by atoms with Gasteiger partial charge in [0.15, 0.2) is 0 Å². The molecule has 0 bridgehead atoms. The summed E-state index contributed by atoms with van der Waals surface area (Å²) in [7, 11) is -3.58. The summed E-state index contributed by atoms with van der Waals surface area (Å²) >= 11 is 0. The Labute approximate surface area is 222 Å². The number of rotatable bonds is 9. The molecule has 0 radical (unpaired) electrons. The van der Waals surface area contributed by atoms with E-state index in [1.807, 2.05) is 66.7 Å². The smallest absolute Gasteiger partial charge is 0.0765 e. The van der Waals surface area contributed by atoms with Gasteiger partial charge >= 0.3 is 0 Å². The molecule has 0 aliphatic rings. The summed E-state index contributed by atoms with van der Waals surface area (Å²) in [5.41, 5.74) is 2.28. The van der Waals surface area contributed by atoms with Crippen LogP contribution in [0.25, 0.3) is 0 Å². The van der Waals surface area contributed by atoms with Gasteiger partial charge in [-0.05, 0) is 41.8 Å². The molecule has 0 amide bonds. The monoisotopic (exact) mass is 519 g/mol. The lowest BCUT2D eigenvalue weighted by atomic mass is 10.2. The molecular weight excluding hydrogens is 489 g/mol. The molecule has 2 nitrogen and oxygen atoms in total. The van der Waals surface area contributed by atoms with Crippen molar-refractivity contribution >= 4 is 28.3 Å². The maximum absolute atomic E-state index is 15.0. The third kappa shape index (κ3) is 6.25. The van der Waals surface area contributed by atoms with Gasteiger partial charge in [-0.1, -0.05) is 140 Å². The van der Waals surface area contributed by atoms with Gasteiger partial charge in [0.25, 0.3) is 0 Å². The Kier molecular flexibility index (Phi) is 8.25. The van der Waals surface area contributed by atoms with Crippen LogP contribution in [0.3, 0.4) is 0 Å². The fraction of sp³-hybridized carbons (Fsp3) is 0.0909. The van der Waals surface area contributed by atoms with Gasteiger partial charge in [-0.3, -0.25) is 0 Å². The Morgan fingerprint density at radius 2 is 1.00 bits per heavy atom. The third-order valence-electron chi connectivity index (χ3n) is 6.36. The quantitative estimate of drug-likeness (QED) is 0.185. The molecule has 5 rings (SSSR count). The van der Waals surface area contributed by atoms with Crippen molar-refractivity contribution in [2.45, 2.75) is 17.1 Å². The van der Waals surface area contributed by atoms with Crippen molar-refractivity contribution in [1.82, 2.24) is 0 Å². The molecular formula is C33H30NOPS. The molecule has 1 unspecified atom stereocenters. The topological polar surface area (TPSA) is 29.4 Å². The number of benzene rings is 5. The van der Waals surface area contributed by atoms with E-state index in [4.69, 9.17) is 4.36 Å². The standard InChI is InChI=1S/C33H30NOPS/c35-37(32-24-14-5-15-25-32,34-26-28-16-6-1-7-17-28)27-33(29-18-8-2-9-19-29)36(30-20-10-3-11-21-30)31-22-12-4-13-23-31/h1-25,33H,26-27H2/t33-,37?/m0/s1. The summed E-state index contributed by atoms with van der Waals surface area (Å²) in [6.07, 6.45) is 0. The molecule has 0 N–H and O–H groups in total. The second-order valence-electron chi connectivity index (χ2n) is 8.86. The van der Waals surface area contributed by atoms with E-state index < -0.39 is 17.7 Å². The van der Waals surface area contributed by atoms with E-state index in [1.165, 1.54) is 16.2 Å².